The molecule has 0 bridgehead atoms. The highest BCUT2D eigenvalue weighted by atomic mass is 31.1. The van der Waals surface area contributed by atoms with Crippen LogP contribution >= 0.6 is 7.92 Å². The second kappa shape index (κ2) is 9.28. The van der Waals surface area contributed by atoms with Crippen molar-refractivity contribution in [3.05, 3.63) is 114 Å². The zero-order chi connectivity index (χ0) is 20.9. The second-order valence-corrected chi connectivity index (χ2v) is 10.0. The van der Waals surface area contributed by atoms with Gasteiger partial charge >= 0.3 is 0 Å². The minimum absolute atomic E-state index is 0.430. The molecule has 150 valence electrons. The van der Waals surface area contributed by atoms with E-state index in [0.29, 0.717) is 5.92 Å². The van der Waals surface area contributed by atoms with Crippen molar-refractivity contribution in [3.63, 3.8) is 0 Å². The van der Waals surface area contributed by atoms with E-state index in [4.69, 9.17) is 0 Å². The molecule has 0 saturated carbocycles. The molecular formula is C28H28NP. The molecule has 0 aliphatic rings. The predicted octanol–water partition coefficient (Wildman–Crippen LogP) is 6.62. The first kappa shape index (κ1) is 20.4. The van der Waals surface area contributed by atoms with Crippen LogP contribution in [0.1, 0.15) is 30.9 Å². The van der Waals surface area contributed by atoms with E-state index < -0.39 is 7.92 Å². The predicted molar refractivity (Wildman–Crippen MR) is 134 cm³/mol. The van der Waals surface area contributed by atoms with Crippen LogP contribution in [0.4, 0.5) is 11.4 Å². The fraction of sp³-hybridized carbons (Fsp3) is 0.143. The SMILES string of the molecule is Cc1ccccc1Nc1c(C(C)C)cccc1P(c1ccccc1)c1ccccc1. The summed E-state index contributed by atoms with van der Waals surface area (Å²) in [4.78, 5) is 0. The molecule has 2 heteroatoms. The van der Waals surface area contributed by atoms with E-state index in [2.05, 4.69) is 129 Å². The normalized spacial score (nSPS) is 11.1. The van der Waals surface area contributed by atoms with Gasteiger partial charge < -0.3 is 5.32 Å². The molecular weight excluding hydrogens is 381 g/mol. The van der Waals surface area contributed by atoms with Gasteiger partial charge in [-0.25, -0.2) is 0 Å². The summed E-state index contributed by atoms with van der Waals surface area (Å²) in [5, 5.41) is 7.94. The molecule has 0 aliphatic heterocycles. The van der Waals surface area contributed by atoms with E-state index in [1.807, 2.05) is 0 Å². The van der Waals surface area contributed by atoms with Gasteiger partial charge in [0.1, 0.15) is 0 Å². The van der Waals surface area contributed by atoms with E-state index >= 15 is 0 Å². The van der Waals surface area contributed by atoms with Gasteiger partial charge in [-0.05, 0) is 48.6 Å². The third-order valence-corrected chi connectivity index (χ3v) is 7.85. The Kier molecular flexibility index (Phi) is 6.31. The van der Waals surface area contributed by atoms with E-state index in [1.165, 1.54) is 38.4 Å². The first-order valence-electron chi connectivity index (χ1n) is 10.5. The van der Waals surface area contributed by atoms with Crippen LogP contribution in [0.3, 0.4) is 0 Å². The number of anilines is 2. The molecule has 4 rings (SSSR count). The van der Waals surface area contributed by atoms with E-state index in [-0.39, 0.29) is 0 Å². The summed E-state index contributed by atoms with van der Waals surface area (Å²) in [7, 11) is -0.676. The van der Waals surface area contributed by atoms with E-state index in [0.717, 1.165) is 0 Å². The first-order chi connectivity index (χ1) is 14.6. The molecule has 0 atom stereocenters. The Morgan fingerprint density at radius 1 is 0.633 bits per heavy atom. The maximum absolute atomic E-state index is 3.83. The summed E-state index contributed by atoms with van der Waals surface area (Å²) >= 11 is 0. The Morgan fingerprint density at radius 2 is 1.20 bits per heavy atom. The molecule has 0 saturated heterocycles. The van der Waals surface area contributed by atoms with Crippen LogP contribution in [0.2, 0.25) is 0 Å². The Hall–Kier alpha value is -2.89. The van der Waals surface area contributed by atoms with Crippen LogP contribution in [0, 0.1) is 6.92 Å². The Balaban J connectivity index is 1.93. The van der Waals surface area contributed by atoms with Crippen LogP contribution in [-0.4, -0.2) is 0 Å². The van der Waals surface area contributed by atoms with Gasteiger partial charge in [-0.15, -0.1) is 0 Å². The van der Waals surface area contributed by atoms with Crippen molar-refractivity contribution in [1.82, 2.24) is 0 Å². The van der Waals surface area contributed by atoms with Gasteiger partial charge in [0.2, 0.25) is 0 Å². The third kappa shape index (κ3) is 4.32. The van der Waals surface area contributed by atoms with Crippen molar-refractivity contribution in [2.24, 2.45) is 0 Å². The summed E-state index contributed by atoms with van der Waals surface area (Å²) in [6, 6.07) is 37.1. The van der Waals surface area contributed by atoms with Gasteiger partial charge in [-0.3, -0.25) is 0 Å². The number of para-hydroxylation sites is 2. The largest absolute Gasteiger partial charge is 0.355 e. The lowest BCUT2D eigenvalue weighted by atomic mass is 10.0. The average molecular weight is 410 g/mol. The fourth-order valence-electron chi connectivity index (χ4n) is 3.79. The van der Waals surface area contributed by atoms with Crippen molar-refractivity contribution in [3.8, 4) is 0 Å². The summed E-state index contributed by atoms with van der Waals surface area (Å²) in [6.45, 7) is 6.71. The fourth-order valence-corrected chi connectivity index (χ4v) is 6.23. The number of hydrogen-bond acceptors (Lipinski definition) is 1. The lowest BCUT2D eigenvalue weighted by molar-refractivity contribution is 0.870. The van der Waals surface area contributed by atoms with Gasteiger partial charge in [0.25, 0.3) is 0 Å². The molecule has 0 radical (unpaired) electrons. The number of nitrogens with one attached hydrogen (secondary N) is 1. The topological polar surface area (TPSA) is 12.0 Å². The van der Waals surface area contributed by atoms with Crippen molar-refractivity contribution in [1.29, 1.82) is 0 Å². The van der Waals surface area contributed by atoms with Crippen molar-refractivity contribution < 1.29 is 0 Å². The molecule has 0 spiro atoms. The molecule has 30 heavy (non-hydrogen) atoms. The standard InChI is InChI=1S/C28H28NP/c1-21(2)25-18-12-20-27(28(25)29-26-19-11-10-13-22(26)3)30(23-14-6-4-7-15-23)24-16-8-5-9-17-24/h4-21,29H,1-3H3. The van der Waals surface area contributed by atoms with Crippen LogP contribution in [0.5, 0.6) is 0 Å². The molecule has 0 aromatic heterocycles. The van der Waals surface area contributed by atoms with Gasteiger partial charge in [-0.2, -0.15) is 0 Å². The maximum Gasteiger partial charge on any atom is 0.0504 e. The van der Waals surface area contributed by atoms with E-state index in [1.54, 1.807) is 0 Å². The summed E-state index contributed by atoms with van der Waals surface area (Å²) in [5.74, 6) is 0.430. The third-order valence-electron chi connectivity index (χ3n) is 5.37. The molecule has 4 aromatic carbocycles. The highest BCUT2D eigenvalue weighted by Crippen LogP contribution is 2.39. The maximum atomic E-state index is 3.83. The quantitative estimate of drug-likeness (QED) is 0.353. The van der Waals surface area contributed by atoms with Crippen LogP contribution in [0.15, 0.2) is 103 Å². The van der Waals surface area contributed by atoms with Gasteiger partial charge in [0.15, 0.2) is 0 Å². The minimum atomic E-state index is -0.676. The Morgan fingerprint density at radius 3 is 1.77 bits per heavy atom. The van der Waals surface area contributed by atoms with Gasteiger partial charge in [0.05, 0.1) is 5.69 Å². The van der Waals surface area contributed by atoms with Gasteiger partial charge in [0, 0.05) is 11.0 Å². The van der Waals surface area contributed by atoms with Crippen molar-refractivity contribution >= 4 is 35.2 Å². The Labute approximate surface area is 181 Å². The molecule has 0 aliphatic carbocycles. The molecule has 0 unspecified atom stereocenters. The number of benzene rings is 4. The van der Waals surface area contributed by atoms with Crippen molar-refractivity contribution in [2.45, 2.75) is 26.7 Å². The molecule has 0 fully saturated rings. The zero-order valence-corrected chi connectivity index (χ0v) is 18.7. The van der Waals surface area contributed by atoms with E-state index in [9.17, 15) is 0 Å². The smallest absolute Gasteiger partial charge is 0.0504 e. The monoisotopic (exact) mass is 409 g/mol. The Bertz CT molecular complexity index is 1060. The minimum Gasteiger partial charge on any atom is -0.355 e. The van der Waals surface area contributed by atoms with Crippen LogP contribution in [0.25, 0.3) is 0 Å². The number of rotatable bonds is 6. The zero-order valence-electron chi connectivity index (χ0n) is 17.8. The summed E-state index contributed by atoms with van der Waals surface area (Å²) < 4.78 is 0. The summed E-state index contributed by atoms with van der Waals surface area (Å²) in [5.41, 5.74) is 5.03. The molecule has 0 heterocycles. The number of hydrogen-bond donors (Lipinski definition) is 1. The highest BCUT2D eigenvalue weighted by molar-refractivity contribution is 7.80. The lowest BCUT2D eigenvalue weighted by Crippen LogP contribution is -2.23. The molecule has 4 aromatic rings. The van der Waals surface area contributed by atoms with Gasteiger partial charge in [-0.1, -0.05) is 111 Å². The molecule has 0 amide bonds. The molecule has 1 N–H and O–H groups in total. The average Bonchev–Trinajstić information content (AvgIpc) is 2.78. The summed E-state index contributed by atoms with van der Waals surface area (Å²) in [6.07, 6.45) is 0. The van der Waals surface area contributed by atoms with Crippen molar-refractivity contribution in [2.75, 3.05) is 5.32 Å². The van der Waals surface area contributed by atoms with Crippen LogP contribution < -0.4 is 21.2 Å². The van der Waals surface area contributed by atoms with Crippen LogP contribution in [-0.2, 0) is 0 Å². The first-order valence-corrected chi connectivity index (χ1v) is 11.8. The number of aryl methyl sites for hydroxylation is 1. The molecule has 1 nitrogen and oxygen atoms in total. The highest BCUT2D eigenvalue weighted by Gasteiger charge is 2.22. The second-order valence-electron chi connectivity index (χ2n) is 7.84. The lowest BCUT2D eigenvalue weighted by Gasteiger charge is -2.26.